The molecule has 0 aliphatic carbocycles. The van der Waals surface area contributed by atoms with E-state index >= 15 is 0 Å². The molecule has 1 unspecified atom stereocenters. The van der Waals surface area contributed by atoms with Crippen LogP contribution in [-0.4, -0.2) is 36.7 Å². The Kier molecular flexibility index (Phi) is 8.37. The van der Waals surface area contributed by atoms with Gasteiger partial charge in [-0.2, -0.15) is 0 Å². The first-order valence-electron chi connectivity index (χ1n) is 10.3. The maximum atomic E-state index is 14.2. The van der Waals surface area contributed by atoms with Crippen molar-refractivity contribution < 1.29 is 18.7 Å². The summed E-state index contributed by atoms with van der Waals surface area (Å²) in [4.78, 5) is 14.9. The van der Waals surface area contributed by atoms with Crippen LogP contribution in [-0.2, 0) is 11.3 Å². The number of carbonyl (C=O) groups excluding carboxylic acids is 1. The fourth-order valence-corrected chi connectivity index (χ4v) is 4.00. The minimum atomic E-state index is -0.349. The molecule has 1 aliphatic heterocycles. The van der Waals surface area contributed by atoms with Gasteiger partial charge in [-0.05, 0) is 37.5 Å². The van der Waals surface area contributed by atoms with E-state index in [1.807, 2.05) is 0 Å². The van der Waals surface area contributed by atoms with Crippen LogP contribution in [0.3, 0.4) is 0 Å². The molecule has 0 radical (unpaired) electrons. The van der Waals surface area contributed by atoms with Crippen molar-refractivity contribution in [3.05, 3.63) is 63.4 Å². The Bertz CT molecular complexity index is 848. The van der Waals surface area contributed by atoms with Crippen LogP contribution in [0, 0.1) is 5.82 Å². The van der Waals surface area contributed by atoms with Gasteiger partial charge in [0.05, 0.1) is 22.8 Å². The smallest absolute Gasteiger partial charge is 0.254 e. The average Bonchev–Trinajstić information content (AvgIpc) is 3.23. The molecule has 162 valence electrons. The van der Waals surface area contributed by atoms with Gasteiger partial charge in [0.1, 0.15) is 5.82 Å². The normalized spacial score (nSPS) is 15.9. The van der Waals surface area contributed by atoms with Gasteiger partial charge < -0.3 is 14.4 Å². The van der Waals surface area contributed by atoms with Crippen molar-refractivity contribution in [1.82, 2.24) is 4.90 Å². The molecule has 0 bridgehead atoms. The lowest BCUT2D eigenvalue weighted by Gasteiger charge is -2.26. The number of amides is 1. The molecule has 4 nitrogen and oxygen atoms in total. The highest BCUT2D eigenvalue weighted by molar-refractivity contribution is 6.37. The minimum absolute atomic E-state index is 0.0664. The summed E-state index contributed by atoms with van der Waals surface area (Å²) >= 11 is 12.7. The lowest BCUT2D eigenvalue weighted by molar-refractivity contribution is 0.0505. The number of carbonyl (C=O) groups is 1. The summed E-state index contributed by atoms with van der Waals surface area (Å²) in [5.74, 6) is -0.251. The van der Waals surface area contributed by atoms with Crippen molar-refractivity contribution in [2.75, 3.05) is 19.8 Å². The molecule has 1 saturated heterocycles. The number of benzene rings is 2. The highest BCUT2D eigenvalue weighted by Crippen LogP contribution is 2.35. The van der Waals surface area contributed by atoms with Crippen molar-refractivity contribution in [2.24, 2.45) is 0 Å². The molecule has 0 saturated carbocycles. The van der Waals surface area contributed by atoms with E-state index < -0.39 is 0 Å². The summed E-state index contributed by atoms with van der Waals surface area (Å²) < 4.78 is 25.6. The third kappa shape index (κ3) is 5.87. The first-order valence-corrected chi connectivity index (χ1v) is 11.0. The van der Waals surface area contributed by atoms with Gasteiger partial charge in [-0.3, -0.25) is 4.79 Å². The second-order valence-corrected chi connectivity index (χ2v) is 8.20. The Balaban J connectivity index is 1.83. The molecule has 3 rings (SSSR count). The van der Waals surface area contributed by atoms with E-state index in [1.54, 1.807) is 35.2 Å². The Labute approximate surface area is 186 Å². The molecule has 7 heteroatoms. The summed E-state index contributed by atoms with van der Waals surface area (Å²) in [6.45, 7) is 3.74. The maximum Gasteiger partial charge on any atom is 0.254 e. The molecule has 1 amide bonds. The Morgan fingerprint density at radius 2 is 2.00 bits per heavy atom. The molecule has 1 fully saturated rings. The van der Waals surface area contributed by atoms with Crippen molar-refractivity contribution >= 4 is 29.1 Å². The van der Waals surface area contributed by atoms with Crippen LogP contribution in [0.4, 0.5) is 4.39 Å². The molecular formula is C23H26Cl2FNO3. The van der Waals surface area contributed by atoms with Gasteiger partial charge >= 0.3 is 0 Å². The van der Waals surface area contributed by atoms with Gasteiger partial charge in [0.2, 0.25) is 0 Å². The number of rotatable bonds is 9. The van der Waals surface area contributed by atoms with E-state index in [4.69, 9.17) is 32.7 Å². The van der Waals surface area contributed by atoms with Crippen LogP contribution < -0.4 is 4.74 Å². The first kappa shape index (κ1) is 22.9. The number of hydrogen-bond acceptors (Lipinski definition) is 3. The first-order chi connectivity index (χ1) is 14.5. The highest BCUT2D eigenvalue weighted by Gasteiger charge is 2.25. The quantitative estimate of drug-likeness (QED) is 0.428. The van der Waals surface area contributed by atoms with Crippen LogP contribution in [0.25, 0.3) is 0 Å². The molecule has 30 heavy (non-hydrogen) atoms. The summed E-state index contributed by atoms with van der Waals surface area (Å²) in [7, 11) is 0. The number of halogens is 3. The largest absolute Gasteiger partial charge is 0.490 e. The fourth-order valence-electron chi connectivity index (χ4n) is 3.41. The second kappa shape index (κ2) is 11.0. The third-order valence-electron chi connectivity index (χ3n) is 5.04. The summed E-state index contributed by atoms with van der Waals surface area (Å²) in [5, 5.41) is 0.565. The third-order valence-corrected chi connectivity index (χ3v) is 5.61. The molecular weight excluding hydrogens is 428 g/mol. The van der Waals surface area contributed by atoms with Crippen LogP contribution in [0.2, 0.25) is 10.0 Å². The van der Waals surface area contributed by atoms with Gasteiger partial charge in [0.25, 0.3) is 5.91 Å². The van der Waals surface area contributed by atoms with Gasteiger partial charge in [0.15, 0.2) is 5.75 Å². The van der Waals surface area contributed by atoms with Crippen molar-refractivity contribution in [2.45, 2.75) is 45.3 Å². The van der Waals surface area contributed by atoms with E-state index in [0.717, 1.165) is 25.7 Å². The van der Waals surface area contributed by atoms with Crippen LogP contribution in [0.1, 0.15) is 48.5 Å². The van der Waals surface area contributed by atoms with Gasteiger partial charge in [-0.15, -0.1) is 0 Å². The zero-order valence-corrected chi connectivity index (χ0v) is 18.5. The lowest BCUT2D eigenvalue weighted by atomic mass is 10.1. The van der Waals surface area contributed by atoms with Crippen molar-refractivity contribution in [3.8, 4) is 5.75 Å². The van der Waals surface area contributed by atoms with E-state index in [-0.39, 0.29) is 34.4 Å². The Morgan fingerprint density at radius 3 is 2.63 bits per heavy atom. The SMILES string of the molecule is CCCCOc1c(Cl)cc(C(=O)N(Cc2ccccc2F)CC2CCCO2)cc1Cl. The predicted molar refractivity (Wildman–Crippen MR) is 117 cm³/mol. The molecule has 0 aromatic heterocycles. The standard InChI is InChI=1S/C23H26Cl2FNO3/c1-2-3-10-30-22-19(24)12-17(13-20(22)25)23(28)27(15-18-8-6-11-29-18)14-16-7-4-5-9-21(16)26/h4-5,7,9,12-13,18H,2-3,6,8,10-11,14-15H2,1H3. The molecule has 1 atom stereocenters. The van der Waals surface area contributed by atoms with Gasteiger partial charge in [0, 0.05) is 30.8 Å². The summed E-state index contributed by atoms with van der Waals surface area (Å²) in [6.07, 6.45) is 3.62. The molecule has 1 heterocycles. The van der Waals surface area contributed by atoms with E-state index in [0.29, 0.717) is 36.6 Å². The minimum Gasteiger partial charge on any atom is -0.490 e. The number of ether oxygens (including phenoxy) is 2. The zero-order chi connectivity index (χ0) is 21.5. The summed E-state index contributed by atoms with van der Waals surface area (Å²) in [6, 6.07) is 9.56. The van der Waals surface area contributed by atoms with E-state index in [9.17, 15) is 9.18 Å². The molecule has 0 N–H and O–H groups in total. The second-order valence-electron chi connectivity index (χ2n) is 7.38. The average molecular weight is 454 g/mol. The monoisotopic (exact) mass is 453 g/mol. The zero-order valence-electron chi connectivity index (χ0n) is 17.0. The fraction of sp³-hybridized carbons (Fsp3) is 0.435. The molecule has 2 aromatic carbocycles. The van der Waals surface area contributed by atoms with Crippen LogP contribution in [0.5, 0.6) is 5.75 Å². The maximum absolute atomic E-state index is 14.2. The molecule has 1 aliphatic rings. The molecule has 0 spiro atoms. The lowest BCUT2D eigenvalue weighted by Crippen LogP contribution is -2.37. The topological polar surface area (TPSA) is 38.8 Å². The highest BCUT2D eigenvalue weighted by atomic mass is 35.5. The Hall–Kier alpha value is -1.82. The van der Waals surface area contributed by atoms with Gasteiger partial charge in [-0.25, -0.2) is 4.39 Å². The van der Waals surface area contributed by atoms with Gasteiger partial charge in [-0.1, -0.05) is 54.7 Å². The van der Waals surface area contributed by atoms with E-state index in [1.165, 1.54) is 6.07 Å². The number of hydrogen-bond donors (Lipinski definition) is 0. The van der Waals surface area contributed by atoms with E-state index in [2.05, 4.69) is 6.92 Å². The number of nitrogens with zero attached hydrogens (tertiary/aromatic N) is 1. The number of unbranched alkanes of at least 4 members (excludes halogenated alkanes) is 1. The Morgan fingerprint density at radius 1 is 1.27 bits per heavy atom. The van der Waals surface area contributed by atoms with Crippen molar-refractivity contribution in [3.63, 3.8) is 0 Å². The van der Waals surface area contributed by atoms with Crippen molar-refractivity contribution in [1.29, 1.82) is 0 Å². The molecule has 2 aromatic rings. The van der Waals surface area contributed by atoms with Crippen LogP contribution in [0.15, 0.2) is 36.4 Å². The predicted octanol–water partition coefficient (Wildman–Crippen LogP) is 6.13. The summed E-state index contributed by atoms with van der Waals surface area (Å²) in [5.41, 5.74) is 0.780. The van der Waals surface area contributed by atoms with Crippen LogP contribution >= 0.6 is 23.2 Å².